The van der Waals surface area contributed by atoms with Gasteiger partial charge in [-0.2, -0.15) is 0 Å². The second kappa shape index (κ2) is 18.2. The molecule has 4 aliphatic rings. The van der Waals surface area contributed by atoms with Crippen LogP contribution in [-0.2, 0) is 34.0 Å². The maximum Gasteiger partial charge on any atom is 0.289 e. The minimum absolute atomic E-state index is 0.00469. The van der Waals surface area contributed by atoms with E-state index in [0.717, 1.165) is 50.4 Å². The Morgan fingerprint density at radius 3 is 2.34 bits per heavy atom. The van der Waals surface area contributed by atoms with Gasteiger partial charge < -0.3 is 26.2 Å². The van der Waals surface area contributed by atoms with Crippen molar-refractivity contribution >= 4 is 45.3 Å². The molecule has 1 aromatic rings. The number of fused-ring (bicyclic) bond motifs is 1. The van der Waals surface area contributed by atoms with Crippen molar-refractivity contribution in [1.82, 2.24) is 40.9 Å². The minimum atomic E-state index is -3.87. The van der Waals surface area contributed by atoms with Gasteiger partial charge in [0.05, 0.1) is 12.2 Å². The molecule has 0 radical (unpaired) electrons. The lowest BCUT2D eigenvalue weighted by atomic mass is 9.83. The molecule has 0 aromatic carbocycles. The Hall–Kier alpha value is -4.25. The highest BCUT2D eigenvalue weighted by molar-refractivity contribution is 7.92. The number of aromatic nitrogens is 2. The van der Waals surface area contributed by atoms with Crippen molar-refractivity contribution in [2.24, 2.45) is 17.8 Å². The lowest BCUT2D eigenvalue weighted by Gasteiger charge is -2.34. The first-order valence-electron chi connectivity index (χ1n) is 18.9. The quantitative estimate of drug-likeness (QED) is 0.133. The van der Waals surface area contributed by atoms with Gasteiger partial charge in [-0.05, 0) is 69.1 Å². The summed E-state index contributed by atoms with van der Waals surface area (Å²) in [7, 11) is -3.87. The van der Waals surface area contributed by atoms with Gasteiger partial charge in [-0.1, -0.05) is 45.6 Å². The van der Waals surface area contributed by atoms with E-state index >= 15 is 0 Å². The number of ketones is 1. The third kappa shape index (κ3) is 10.5. The van der Waals surface area contributed by atoms with E-state index < -0.39 is 69.5 Å². The van der Waals surface area contributed by atoms with Gasteiger partial charge in [-0.15, -0.1) is 0 Å². The molecule has 5 amide bonds. The van der Waals surface area contributed by atoms with Crippen LogP contribution in [0.2, 0.25) is 0 Å². The number of Topliss-reactive ketones (excluding diaryl/α,β-unsaturated/α-hetero) is 1. The summed E-state index contributed by atoms with van der Waals surface area (Å²) in [6, 6.07) is -4.37. The minimum Gasteiger partial charge on any atom is -0.347 e. The molecule has 2 heterocycles. The third-order valence-electron chi connectivity index (χ3n) is 10.8. The summed E-state index contributed by atoms with van der Waals surface area (Å²) in [5.41, 5.74) is 0.0231. The summed E-state index contributed by atoms with van der Waals surface area (Å²) >= 11 is 0. The molecule has 6 atom stereocenters. The normalized spacial score (nSPS) is 23.2. The van der Waals surface area contributed by atoms with E-state index in [1.165, 1.54) is 23.5 Å². The van der Waals surface area contributed by atoms with Gasteiger partial charge in [-0.3, -0.25) is 33.8 Å². The predicted octanol–water partition coefficient (Wildman–Crippen LogP) is 0.853. The number of likely N-dealkylation sites (tertiary alicyclic amines) is 1. The molecule has 17 heteroatoms. The van der Waals surface area contributed by atoms with E-state index in [2.05, 4.69) is 42.5 Å². The maximum atomic E-state index is 14.6. The predicted molar refractivity (Wildman–Crippen MR) is 193 cm³/mol. The van der Waals surface area contributed by atoms with Crippen LogP contribution in [0.4, 0.5) is 0 Å². The average molecular weight is 757 g/mol. The second-order valence-corrected chi connectivity index (χ2v) is 16.4. The molecule has 3 saturated carbocycles. The smallest absolute Gasteiger partial charge is 0.289 e. The van der Waals surface area contributed by atoms with E-state index in [1.807, 2.05) is 6.92 Å². The number of hydrogen-bond acceptors (Lipinski definition) is 10. The summed E-state index contributed by atoms with van der Waals surface area (Å²) in [6.07, 6.45) is 12.7. The average Bonchev–Trinajstić information content (AvgIpc) is 3.73. The number of nitrogens with zero attached hydrogens (tertiary/aromatic N) is 3. The molecule has 1 aliphatic heterocycles. The molecule has 0 unspecified atom stereocenters. The van der Waals surface area contributed by atoms with Crippen molar-refractivity contribution < 1.29 is 37.2 Å². The van der Waals surface area contributed by atoms with Crippen LogP contribution >= 0.6 is 0 Å². The van der Waals surface area contributed by atoms with E-state index in [1.54, 1.807) is 0 Å². The molecule has 0 spiro atoms. The van der Waals surface area contributed by atoms with Gasteiger partial charge in [0.1, 0.15) is 23.8 Å². The molecule has 290 valence electrons. The van der Waals surface area contributed by atoms with Crippen LogP contribution in [0, 0.1) is 17.8 Å². The van der Waals surface area contributed by atoms with Crippen molar-refractivity contribution in [1.29, 1.82) is 0 Å². The summed E-state index contributed by atoms with van der Waals surface area (Å²) < 4.78 is 26.8. The number of amides is 5. The lowest BCUT2D eigenvalue weighted by Crippen LogP contribution is -2.60. The number of carbonyl (C=O) groups is 6. The maximum absolute atomic E-state index is 14.6. The molecule has 0 bridgehead atoms. The van der Waals surface area contributed by atoms with E-state index in [4.69, 9.17) is 0 Å². The Bertz CT molecular complexity index is 1630. The monoisotopic (exact) mass is 756 g/mol. The van der Waals surface area contributed by atoms with Crippen LogP contribution in [0.3, 0.4) is 0 Å². The second-order valence-electron chi connectivity index (χ2n) is 14.6. The topological polar surface area (TPSA) is 226 Å². The fourth-order valence-corrected chi connectivity index (χ4v) is 8.47. The number of carbonyl (C=O) groups excluding carboxylic acids is 6. The zero-order valence-corrected chi connectivity index (χ0v) is 31.1. The standard InChI is InChI=1S/C36H52N8O8S/c1-3-9-26(31(45)35(49)40-24-14-15-24)41-34(48)30-25-13-8-12-23(25)21-44(30)36(50)27(16-17-39-53(51,52)4-2)42-33(47)29(22-10-6-5-7-11-22)43-32(46)28-20-37-18-19-38-28/h4,18-20,22-27,29-30,39H,2-3,5-17,21H2,1H3,(H,40,49)(H,41,48)(H,42,47)(H,43,46)/t23-,25-,26-,27-,29-,30-/m0/s1. The zero-order chi connectivity index (χ0) is 38.1. The highest BCUT2D eigenvalue weighted by atomic mass is 32.2. The van der Waals surface area contributed by atoms with Crippen molar-refractivity contribution in [2.75, 3.05) is 13.1 Å². The Morgan fingerprint density at radius 1 is 0.925 bits per heavy atom. The molecule has 1 aromatic heterocycles. The molecule has 5 rings (SSSR count). The van der Waals surface area contributed by atoms with Gasteiger partial charge in [0.2, 0.25) is 33.5 Å². The van der Waals surface area contributed by atoms with E-state index in [-0.39, 0.29) is 55.4 Å². The zero-order valence-electron chi connectivity index (χ0n) is 30.3. The molecule has 53 heavy (non-hydrogen) atoms. The highest BCUT2D eigenvalue weighted by Gasteiger charge is 2.51. The number of rotatable bonds is 18. The van der Waals surface area contributed by atoms with Crippen LogP contribution in [0.15, 0.2) is 30.6 Å². The Balaban J connectivity index is 1.38. The van der Waals surface area contributed by atoms with Gasteiger partial charge in [0, 0.05) is 36.9 Å². The highest BCUT2D eigenvalue weighted by Crippen LogP contribution is 2.42. The summed E-state index contributed by atoms with van der Waals surface area (Å²) in [5, 5.41) is 11.8. The summed E-state index contributed by atoms with van der Waals surface area (Å²) in [4.78, 5) is 91.3. The van der Waals surface area contributed by atoms with Crippen LogP contribution in [0.25, 0.3) is 0 Å². The number of nitrogens with one attached hydrogen (secondary N) is 5. The SMILES string of the molecule is C=CS(=O)(=O)NCC[C@H](NC(=O)[C@@H](NC(=O)c1cnccn1)C1CCCCC1)C(=O)N1C[C@@H]2CCC[C@@H]2[C@H]1C(=O)N[C@@H](CCC)C(=O)C(=O)NC1CC1. The first-order chi connectivity index (χ1) is 25.4. The molecule has 4 fully saturated rings. The van der Waals surface area contributed by atoms with Crippen LogP contribution in [0.1, 0.15) is 101 Å². The molecule has 16 nitrogen and oxygen atoms in total. The van der Waals surface area contributed by atoms with Crippen LogP contribution in [0.5, 0.6) is 0 Å². The van der Waals surface area contributed by atoms with Gasteiger partial charge in [-0.25, -0.2) is 18.1 Å². The van der Waals surface area contributed by atoms with Crippen molar-refractivity contribution in [2.45, 2.75) is 121 Å². The summed E-state index contributed by atoms with van der Waals surface area (Å²) in [5.74, 6) is -4.25. The Labute approximate surface area is 310 Å². The molecule has 1 saturated heterocycles. The first kappa shape index (κ1) is 39.9. The van der Waals surface area contributed by atoms with Crippen molar-refractivity contribution in [3.8, 4) is 0 Å². The largest absolute Gasteiger partial charge is 0.347 e. The Kier molecular flexibility index (Phi) is 13.7. The first-order valence-corrected chi connectivity index (χ1v) is 20.4. The fraction of sp³-hybridized carbons (Fsp3) is 0.667. The van der Waals surface area contributed by atoms with Gasteiger partial charge in [0.15, 0.2) is 0 Å². The van der Waals surface area contributed by atoms with Crippen LogP contribution < -0.4 is 26.0 Å². The molecular weight excluding hydrogens is 705 g/mol. The third-order valence-corrected chi connectivity index (χ3v) is 11.9. The van der Waals surface area contributed by atoms with Gasteiger partial charge >= 0.3 is 0 Å². The van der Waals surface area contributed by atoms with E-state index in [0.29, 0.717) is 25.7 Å². The van der Waals surface area contributed by atoms with Crippen LogP contribution in [-0.4, -0.2) is 102 Å². The molecular formula is C36H52N8O8S. The van der Waals surface area contributed by atoms with Crippen molar-refractivity contribution in [3.63, 3.8) is 0 Å². The number of hydrogen-bond donors (Lipinski definition) is 5. The molecule has 3 aliphatic carbocycles. The Morgan fingerprint density at radius 2 is 1.68 bits per heavy atom. The lowest BCUT2D eigenvalue weighted by molar-refractivity contribution is -0.144. The fourth-order valence-electron chi connectivity index (χ4n) is 7.95. The van der Waals surface area contributed by atoms with E-state index in [9.17, 15) is 37.2 Å². The molecule has 5 N–H and O–H groups in total. The summed E-state index contributed by atoms with van der Waals surface area (Å²) in [6.45, 7) is 5.15. The van der Waals surface area contributed by atoms with Gasteiger partial charge in [0.25, 0.3) is 11.8 Å². The van der Waals surface area contributed by atoms with Crippen molar-refractivity contribution in [3.05, 3.63) is 36.3 Å². The number of sulfonamides is 1.